The lowest BCUT2D eigenvalue weighted by Crippen LogP contribution is -2.31. The number of hydrogen-bond donors (Lipinski definition) is 2. The van der Waals surface area contributed by atoms with Crippen LogP contribution in [0.25, 0.3) is 11.1 Å². The molecule has 0 amide bonds. The second-order valence-electron chi connectivity index (χ2n) is 6.46. The fourth-order valence-corrected chi connectivity index (χ4v) is 3.13. The summed E-state index contributed by atoms with van der Waals surface area (Å²) >= 11 is 0. The number of cyclic esters (lactones) is 1. The molecule has 0 fully saturated rings. The Morgan fingerprint density at radius 2 is 1.54 bits per heavy atom. The van der Waals surface area contributed by atoms with Crippen molar-refractivity contribution >= 4 is 5.97 Å². The zero-order chi connectivity index (χ0) is 17.3. The molecule has 1 aliphatic heterocycles. The highest BCUT2D eigenvalue weighted by Crippen LogP contribution is 2.44. The number of ether oxygens (including phenoxy) is 1. The van der Waals surface area contributed by atoms with Gasteiger partial charge in [0, 0.05) is 12.0 Å². The van der Waals surface area contributed by atoms with Crippen LogP contribution in [0.15, 0.2) is 66.1 Å². The number of aliphatic hydroxyl groups excluding tert-OH is 2. The summed E-state index contributed by atoms with van der Waals surface area (Å²) in [6.07, 6.45) is 0.388. The molecule has 1 heterocycles. The molecule has 3 rings (SSSR count). The number of hydrogen-bond acceptors (Lipinski definition) is 4. The van der Waals surface area contributed by atoms with Crippen molar-refractivity contribution in [3.63, 3.8) is 0 Å². The molecule has 0 aliphatic carbocycles. The van der Waals surface area contributed by atoms with E-state index in [-0.39, 0.29) is 5.92 Å². The van der Waals surface area contributed by atoms with Crippen molar-refractivity contribution in [3.8, 4) is 11.1 Å². The molecule has 1 aliphatic rings. The molecule has 0 saturated carbocycles. The zero-order valence-corrected chi connectivity index (χ0v) is 13.7. The Kier molecular flexibility index (Phi) is 4.06. The quantitative estimate of drug-likeness (QED) is 0.814. The van der Waals surface area contributed by atoms with E-state index in [4.69, 9.17) is 4.74 Å². The summed E-state index contributed by atoms with van der Waals surface area (Å²) in [6, 6.07) is 17.4. The van der Waals surface area contributed by atoms with Gasteiger partial charge in [-0.15, -0.1) is 0 Å². The van der Waals surface area contributed by atoms with Crippen LogP contribution >= 0.6 is 0 Å². The minimum absolute atomic E-state index is 0.152. The maximum Gasteiger partial charge on any atom is 0.378 e. The summed E-state index contributed by atoms with van der Waals surface area (Å²) in [6.45, 7) is 3.94. The van der Waals surface area contributed by atoms with E-state index in [9.17, 15) is 15.0 Å². The molecule has 0 radical (unpaired) electrons. The number of aliphatic hydroxyl groups is 2. The highest BCUT2D eigenvalue weighted by Gasteiger charge is 2.50. The second-order valence-corrected chi connectivity index (χ2v) is 6.46. The van der Waals surface area contributed by atoms with E-state index in [1.54, 1.807) is 0 Å². The minimum Gasteiger partial charge on any atom is -0.505 e. The van der Waals surface area contributed by atoms with Gasteiger partial charge in [0.1, 0.15) is 0 Å². The molecule has 4 heteroatoms. The summed E-state index contributed by atoms with van der Waals surface area (Å²) in [7, 11) is 0. The standard InChI is InChI=1S/C20H20O4/c1-13(2)12-20(18(22)17(21)19(23)24-20)16-10-8-15(9-11-16)14-6-4-3-5-7-14/h3-11,13,21-22H,12H2,1-2H3. The Labute approximate surface area is 141 Å². The van der Waals surface area contributed by atoms with Gasteiger partial charge in [-0.1, -0.05) is 68.4 Å². The number of esters is 1. The van der Waals surface area contributed by atoms with Crippen molar-refractivity contribution < 1.29 is 19.7 Å². The normalized spacial score (nSPS) is 20.5. The van der Waals surface area contributed by atoms with Crippen molar-refractivity contribution in [1.82, 2.24) is 0 Å². The van der Waals surface area contributed by atoms with Crippen LogP contribution in [0.4, 0.5) is 0 Å². The first-order valence-corrected chi connectivity index (χ1v) is 7.96. The number of benzene rings is 2. The molecular formula is C20H20O4. The predicted octanol–water partition coefficient (Wildman–Crippen LogP) is 4.48. The van der Waals surface area contributed by atoms with Gasteiger partial charge in [0.25, 0.3) is 0 Å². The Balaban J connectivity index is 2.03. The van der Waals surface area contributed by atoms with E-state index in [2.05, 4.69) is 0 Å². The first-order valence-electron chi connectivity index (χ1n) is 7.96. The van der Waals surface area contributed by atoms with Crippen LogP contribution in [0.2, 0.25) is 0 Å². The van der Waals surface area contributed by atoms with Crippen molar-refractivity contribution in [3.05, 3.63) is 71.7 Å². The third-order valence-electron chi connectivity index (χ3n) is 4.22. The largest absolute Gasteiger partial charge is 0.505 e. The summed E-state index contributed by atoms with van der Waals surface area (Å²) in [5.74, 6) is -1.85. The Morgan fingerprint density at radius 3 is 2.04 bits per heavy atom. The van der Waals surface area contributed by atoms with Gasteiger partial charge in [0.05, 0.1) is 0 Å². The molecule has 2 aromatic rings. The first-order chi connectivity index (χ1) is 11.4. The third kappa shape index (κ3) is 2.64. The maximum absolute atomic E-state index is 11.8. The SMILES string of the molecule is CC(C)CC1(c2ccc(-c3ccccc3)cc2)OC(=O)C(O)=C1O. The third-order valence-corrected chi connectivity index (χ3v) is 4.22. The van der Waals surface area contributed by atoms with Gasteiger partial charge in [0.2, 0.25) is 5.76 Å². The van der Waals surface area contributed by atoms with Gasteiger partial charge in [0.15, 0.2) is 11.4 Å². The predicted molar refractivity (Wildman–Crippen MR) is 91.4 cm³/mol. The zero-order valence-electron chi connectivity index (χ0n) is 13.7. The van der Waals surface area contributed by atoms with Gasteiger partial charge in [-0.05, 0) is 17.0 Å². The van der Waals surface area contributed by atoms with Gasteiger partial charge in [-0.3, -0.25) is 0 Å². The number of carbonyl (C=O) groups excluding carboxylic acids is 1. The fourth-order valence-electron chi connectivity index (χ4n) is 3.13. The lowest BCUT2D eigenvalue weighted by atomic mass is 9.83. The van der Waals surface area contributed by atoms with Crippen molar-refractivity contribution in [2.24, 2.45) is 5.92 Å². The molecule has 0 spiro atoms. The molecule has 24 heavy (non-hydrogen) atoms. The van der Waals surface area contributed by atoms with Gasteiger partial charge in [-0.25, -0.2) is 4.79 Å². The van der Waals surface area contributed by atoms with Gasteiger partial charge < -0.3 is 14.9 Å². The van der Waals surface area contributed by atoms with Gasteiger partial charge in [-0.2, -0.15) is 0 Å². The van der Waals surface area contributed by atoms with Crippen LogP contribution in [0.3, 0.4) is 0 Å². The molecule has 1 atom stereocenters. The Hall–Kier alpha value is -2.75. The number of carbonyl (C=O) groups is 1. The van der Waals surface area contributed by atoms with Crippen LogP contribution < -0.4 is 0 Å². The van der Waals surface area contributed by atoms with Crippen LogP contribution in [-0.4, -0.2) is 16.2 Å². The molecule has 2 aromatic carbocycles. The second kappa shape index (κ2) is 6.04. The molecule has 2 N–H and O–H groups in total. The van der Waals surface area contributed by atoms with E-state index in [0.29, 0.717) is 12.0 Å². The molecule has 0 bridgehead atoms. The molecule has 1 unspecified atom stereocenters. The first kappa shape index (κ1) is 16.1. The van der Waals surface area contributed by atoms with Crippen LogP contribution in [0.1, 0.15) is 25.8 Å². The maximum atomic E-state index is 11.8. The van der Waals surface area contributed by atoms with Crippen molar-refractivity contribution in [2.45, 2.75) is 25.9 Å². The molecule has 124 valence electrons. The lowest BCUT2D eigenvalue weighted by Gasteiger charge is -2.30. The minimum atomic E-state index is -1.31. The fraction of sp³-hybridized carbons (Fsp3) is 0.250. The van der Waals surface area contributed by atoms with E-state index in [0.717, 1.165) is 11.1 Å². The smallest absolute Gasteiger partial charge is 0.378 e. The monoisotopic (exact) mass is 324 g/mol. The molecular weight excluding hydrogens is 304 g/mol. The summed E-state index contributed by atoms with van der Waals surface area (Å²) < 4.78 is 5.40. The molecule has 0 aromatic heterocycles. The van der Waals surface area contributed by atoms with Gasteiger partial charge >= 0.3 is 5.97 Å². The number of rotatable bonds is 4. The van der Waals surface area contributed by atoms with E-state index in [1.165, 1.54) is 0 Å². The van der Waals surface area contributed by atoms with Crippen LogP contribution in [0, 0.1) is 5.92 Å². The van der Waals surface area contributed by atoms with Crippen molar-refractivity contribution in [2.75, 3.05) is 0 Å². The van der Waals surface area contributed by atoms with E-state index in [1.807, 2.05) is 68.4 Å². The average molecular weight is 324 g/mol. The van der Waals surface area contributed by atoms with Crippen LogP contribution in [-0.2, 0) is 15.1 Å². The summed E-state index contributed by atoms with van der Waals surface area (Å²) in [5.41, 5.74) is 1.43. The molecule has 4 nitrogen and oxygen atoms in total. The van der Waals surface area contributed by atoms with E-state index < -0.39 is 23.1 Å². The Morgan fingerprint density at radius 1 is 0.958 bits per heavy atom. The average Bonchev–Trinajstić information content (AvgIpc) is 2.80. The highest BCUT2D eigenvalue weighted by atomic mass is 16.6. The Bertz CT molecular complexity index is 775. The van der Waals surface area contributed by atoms with Crippen LogP contribution in [0.5, 0.6) is 0 Å². The van der Waals surface area contributed by atoms with Crippen molar-refractivity contribution in [1.29, 1.82) is 0 Å². The lowest BCUT2D eigenvalue weighted by molar-refractivity contribution is -0.152. The summed E-state index contributed by atoms with van der Waals surface area (Å²) in [5, 5.41) is 20.1. The summed E-state index contributed by atoms with van der Waals surface area (Å²) in [4.78, 5) is 11.8. The highest BCUT2D eigenvalue weighted by molar-refractivity contribution is 5.90. The molecule has 0 saturated heterocycles. The van der Waals surface area contributed by atoms with E-state index >= 15 is 0 Å². The topological polar surface area (TPSA) is 66.8 Å².